The fourth-order valence-corrected chi connectivity index (χ4v) is 2.16. The van der Waals surface area contributed by atoms with Crippen LogP contribution in [0.5, 0.6) is 0 Å². The Bertz CT molecular complexity index is 411. The van der Waals surface area contributed by atoms with E-state index >= 15 is 0 Å². The first kappa shape index (κ1) is 10.9. The molecule has 86 valence electrons. The molecule has 16 heavy (non-hydrogen) atoms. The van der Waals surface area contributed by atoms with E-state index in [0.29, 0.717) is 11.7 Å². The van der Waals surface area contributed by atoms with Crippen molar-refractivity contribution < 1.29 is 4.92 Å². The maximum atomic E-state index is 10.9. The Balaban J connectivity index is 2.17. The minimum atomic E-state index is -0.329. The van der Waals surface area contributed by atoms with E-state index in [-0.39, 0.29) is 10.6 Å². The van der Waals surface area contributed by atoms with Crippen LogP contribution in [0.4, 0.5) is 11.4 Å². The molecule has 0 bridgehead atoms. The van der Waals surface area contributed by atoms with Crippen molar-refractivity contribution in [3.63, 3.8) is 0 Å². The number of nitrogens with one attached hydrogen (secondary N) is 1. The van der Waals surface area contributed by atoms with Crippen LogP contribution in [0.15, 0.2) is 18.2 Å². The molecule has 0 amide bonds. The lowest BCUT2D eigenvalue weighted by Crippen LogP contribution is -2.33. The number of nitro groups is 1. The van der Waals surface area contributed by atoms with Crippen molar-refractivity contribution in [2.45, 2.75) is 32.7 Å². The van der Waals surface area contributed by atoms with Crippen LogP contribution in [-0.2, 0) is 0 Å². The summed E-state index contributed by atoms with van der Waals surface area (Å²) in [6.45, 7) is 4.14. The number of nitrogens with zero attached hydrogens (tertiary/aromatic N) is 1. The Morgan fingerprint density at radius 2 is 2.12 bits per heavy atom. The Kier molecular flexibility index (Phi) is 2.81. The van der Waals surface area contributed by atoms with Gasteiger partial charge in [-0.05, 0) is 37.3 Å². The van der Waals surface area contributed by atoms with E-state index in [2.05, 4.69) is 12.2 Å². The van der Waals surface area contributed by atoms with Gasteiger partial charge < -0.3 is 5.32 Å². The van der Waals surface area contributed by atoms with E-state index in [1.54, 1.807) is 12.1 Å². The summed E-state index contributed by atoms with van der Waals surface area (Å²) < 4.78 is 0. The predicted octanol–water partition coefficient (Wildman–Crippen LogP) is 3.11. The van der Waals surface area contributed by atoms with Crippen LogP contribution in [-0.4, -0.2) is 11.0 Å². The van der Waals surface area contributed by atoms with Crippen molar-refractivity contribution in [1.82, 2.24) is 0 Å². The summed E-state index contributed by atoms with van der Waals surface area (Å²) in [6, 6.07) is 5.59. The highest BCUT2D eigenvalue weighted by atomic mass is 16.6. The molecule has 0 aliphatic heterocycles. The first-order valence-electron chi connectivity index (χ1n) is 5.58. The van der Waals surface area contributed by atoms with Gasteiger partial charge in [-0.2, -0.15) is 0 Å². The van der Waals surface area contributed by atoms with Crippen molar-refractivity contribution in [2.24, 2.45) is 5.92 Å². The number of nitro benzene ring substituents is 1. The molecule has 0 spiro atoms. The number of hydrogen-bond donors (Lipinski definition) is 1. The molecule has 4 nitrogen and oxygen atoms in total. The second kappa shape index (κ2) is 4.12. The van der Waals surface area contributed by atoms with Gasteiger partial charge in [0.05, 0.1) is 4.92 Å². The van der Waals surface area contributed by atoms with E-state index in [1.165, 1.54) is 0 Å². The standard InChI is InChI=1S/C12H16N2O2/c1-8-3-4-12(14(15)16)11(7-8)13-10-5-9(2)6-10/h3-4,7,9-10,13H,5-6H2,1-2H3. The molecule has 4 heteroatoms. The average molecular weight is 220 g/mol. The van der Waals surface area contributed by atoms with Gasteiger partial charge in [0.2, 0.25) is 0 Å². The second-order valence-electron chi connectivity index (χ2n) is 4.70. The molecule has 2 rings (SSSR count). The number of aryl methyl sites for hydroxylation is 1. The first-order valence-corrected chi connectivity index (χ1v) is 5.58. The van der Waals surface area contributed by atoms with Crippen molar-refractivity contribution in [3.05, 3.63) is 33.9 Å². The molecule has 1 aromatic rings. The highest BCUT2D eigenvalue weighted by Gasteiger charge is 2.27. The lowest BCUT2D eigenvalue weighted by atomic mass is 9.82. The second-order valence-corrected chi connectivity index (χ2v) is 4.70. The van der Waals surface area contributed by atoms with Gasteiger partial charge >= 0.3 is 0 Å². The van der Waals surface area contributed by atoms with Crippen LogP contribution in [0, 0.1) is 23.0 Å². The summed E-state index contributed by atoms with van der Waals surface area (Å²) >= 11 is 0. The van der Waals surface area contributed by atoms with Crippen LogP contribution in [0.3, 0.4) is 0 Å². The lowest BCUT2D eigenvalue weighted by Gasteiger charge is -2.33. The van der Waals surface area contributed by atoms with Gasteiger partial charge in [-0.25, -0.2) is 0 Å². The smallest absolute Gasteiger partial charge is 0.292 e. The molecule has 0 unspecified atom stereocenters. The molecule has 1 aliphatic carbocycles. The minimum Gasteiger partial charge on any atom is -0.377 e. The van der Waals surface area contributed by atoms with Crippen molar-refractivity contribution in [3.8, 4) is 0 Å². The minimum absolute atomic E-state index is 0.171. The van der Waals surface area contributed by atoms with E-state index in [1.807, 2.05) is 13.0 Å². The summed E-state index contributed by atoms with van der Waals surface area (Å²) in [7, 11) is 0. The van der Waals surface area contributed by atoms with E-state index in [4.69, 9.17) is 0 Å². The molecule has 1 fully saturated rings. The van der Waals surface area contributed by atoms with Crippen LogP contribution >= 0.6 is 0 Å². The molecule has 0 radical (unpaired) electrons. The van der Waals surface area contributed by atoms with Crippen molar-refractivity contribution in [1.29, 1.82) is 0 Å². The SMILES string of the molecule is Cc1ccc([N+](=O)[O-])c(NC2CC(C)C2)c1. The fourth-order valence-electron chi connectivity index (χ4n) is 2.16. The predicted molar refractivity (Wildman–Crippen MR) is 63.6 cm³/mol. The molecule has 0 atom stereocenters. The topological polar surface area (TPSA) is 55.2 Å². The Morgan fingerprint density at radius 3 is 2.69 bits per heavy atom. The highest BCUT2D eigenvalue weighted by Crippen LogP contribution is 2.33. The fraction of sp³-hybridized carbons (Fsp3) is 0.500. The Morgan fingerprint density at radius 1 is 1.44 bits per heavy atom. The van der Waals surface area contributed by atoms with Gasteiger partial charge in [0.25, 0.3) is 5.69 Å². The van der Waals surface area contributed by atoms with E-state index < -0.39 is 0 Å². The third-order valence-electron chi connectivity index (χ3n) is 3.08. The molecular formula is C12H16N2O2. The summed E-state index contributed by atoms with van der Waals surface area (Å²) in [5.74, 6) is 0.737. The van der Waals surface area contributed by atoms with Crippen LogP contribution in [0.2, 0.25) is 0 Å². The van der Waals surface area contributed by atoms with E-state index in [0.717, 1.165) is 24.3 Å². The van der Waals surface area contributed by atoms with Crippen LogP contribution < -0.4 is 5.32 Å². The number of anilines is 1. The third kappa shape index (κ3) is 2.15. The molecule has 0 heterocycles. The number of benzene rings is 1. The van der Waals surface area contributed by atoms with Gasteiger partial charge in [0.15, 0.2) is 0 Å². The summed E-state index contributed by atoms with van der Waals surface area (Å²) in [5.41, 5.74) is 1.87. The Labute approximate surface area is 94.8 Å². The van der Waals surface area contributed by atoms with Crippen LogP contribution in [0.25, 0.3) is 0 Å². The van der Waals surface area contributed by atoms with Crippen LogP contribution in [0.1, 0.15) is 25.3 Å². The zero-order valence-electron chi connectivity index (χ0n) is 9.56. The maximum Gasteiger partial charge on any atom is 0.292 e. The molecule has 0 saturated heterocycles. The van der Waals surface area contributed by atoms with Gasteiger partial charge in [-0.15, -0.1) is 0 Å². The highest BCUT2D eigenvalue weighted by molar-refractivity contribution is 5.63. The van der Waals surface area contributed by atoms with Gasteiger partial charge in [0.1, 0.15) is 5.69 Å². The van der Waals surface area contributed by atoms with Crippen molar-refractivity contribution in [2.75, 3.05) is 5.32 Å². The van der Waals surface area contributed by atoms with Gasteiger partial charge in [-0.1, -0.05) is 13.0 Å². The molecule has 1 saturated carbocycles. The molecule has 1 N–H and O–H groups in total. The third-order valence-corrected chi connectivity index (χ3v) is 3.08. The summed E-state index contributed by atoms with van der Waals surface area (Å²) in [4.78, 5) is 10.5. The van der Waals surface area contributed by atoms with E-state index in [9.17, 15) is 10.1 Å². The van der Waals surface area contributed by atoms with Crippen molar-refractivity contribution >= 4 is 11.4 Å². The lowest BCUT2D eigenvalue weighted by molar-refractivity contribution is -0.384. The monoisotopic (exact) mass is 220 g/mol. The van der Waals surface area contributed by atoms with Gasteiger partial charge in [-0.3, -0.25) is 10.1 Å². The molecular weight excluding hydrogens is 204 g/mol. The quantitative estimate of drug-likeness (QED) is 0.629. The first-order chi connectivity index (χ1) is 7.56. The molecule has 1 aliphatic rings. The number of rotatable bonds is 3. The van der Waals surface area contributed by atoms with Gasteiger partial charge in [0, 0.05) is 12.1 Å². The maximum absolute atomic E-state index is 10.9. The molecule has 0 aromatic heterocycles. The largest absolute Gasteiger partial charge is 0.377 e. The summed E-state index contributed by atoms with van der Waals surface area (Å²) in [5, 5.41) is 14.1. The normalized spacial score (nSPS) is 23.6. The average Bonchev–Trinajstić information content (AvgIpc) is 2.15. The molecule has 1 aromatic carbocycles. The zero-order valence-corrected chi connectivity index (χ0v) is 9.56. The zero-order chi connectivity index (χ0) is 11.7. The number of hydrogen-bond acceptors (Lipinski definition) is 3. The summed E-state index contributed by atoms with van der Waals surface area (Å²) in [6.07, 6.45) is 2.20. The Hall–Kier alpha value is -1.58.